The number of carbonyl (C=O) groups excluding carboxylic acids is 1. The molecule has 0 aliphatic heterocycles. The van der Waals surface area contributed by atoms with E-state index in [9.17, 15) is 13.2 Å². The minimum absolute atomic E-state index is 0.0588. The molecule has 2 N–H and O–H groups in total. The van der Waals surface area contributed by atoms with E-state index in [1.165, 1.54) is 6.07 Å². The van der Waals surface area contributed by atoms with E-state index in [1.54, 1.807) is 49.4 Å². The summed E-state index contributed by atoms with van der Waals surface area (Å²) in [6, 6.07) is 17.1. The highest BCUT2D eigenvalue weighted by Crippen LogP contribution is 2.24. The predicted molar refractivity (Wildman–Crippen MR) is 127 cm³/mol. The minimum Gasteiger partial charge on any atom is -0.492 e. The number of benzene rings is 3. The van der Waals surface area contributed by atoms with Gasteiger partial charge in [-0.25, -0.2) is 8.42 Å². The highest BCUT2D eigenvalue weighted by atomic mass is 35.5. The predicted octanol–water partition coefficient (Wildman–Crippen LogP) is 4.87. The smallest absolute Gasteiger partial charge is 0.262 e. The zero-order valence-electron chi connectivity index (χ0n) is 18.1. The first-order valence-corrected chi connectivity index (χ1v) is 11.9. The van der Waals surface area contributed by atoms with Gasteiger partial charge in [0.2, 0.25) is 0 Å². The van der Waals surface area contributed by atoms with E-state index in [1.807, 2.05) is 26.0 Å². The standard InChI is InChI=1S/C24H25ClN2O4S/c1-16-4-5-17(2)22(14-16)27-32(29,30)23-15-19(7-6-18(23)3)24(28)26-12-13-31-21-10-8-20(25)9-11-21/h4-11,14-15,27H,12-13H2,1-3H3,(H,26,28). The fourth-order valence-electron chi connectivity index (χ4n) is 3.04. The summed E-state index contributed by atoms with van der Waals surface area (Å²) >= 11 is 5.84. The van der Waals surface area contributed by atoms with Crippen molar-refractivity contribution in [3.63, 3.8) is 0 Å². The van der Waals surface area contributed by atoms with E-state index in [2.05, 4.69) is 10.0 Å². The summed E-state index contributed by atoms with van der Waals surface area (Å²) in [5.41, 5.74) is 3.07. The lowest BCUT2D eigenvalue weighted by atomic mass is 10.1. The first-order chi connectivity index (χ1) is 15.2. The second-order valence-corrected chi connectivity index (χ2v) is 9.55. The molecule has 0 heterocycles. The van der Waals surface area contributed by atoms with Gasteiger partial charge in [-0.3, -0.25) is 9.52 Å². The van der Waals surface area contributed by atoms with Crippen molar-refractivity contribution in [1.82, 2.24) is 5.32 Å². The molecule has 3 aromatic rings. The van der Waals surface area contributed by atoms with Crippen LogP contribution in [0, 0.1) is 20.8 Å². The number of amides is 1. The van der Waals surface area contributed by atoms with E-state index in [4.69, 9.17) is 16.3 Å². The molecule has 0 saturated heterocycles. The lowest BCUT2D eigenvalue weighted by Gasteiger charge is -2.14. The molecule has 0 unspecified atom stereocenters. The first kappa shape index (κ1) is 23.6. The number of anilines is 1. The van der Waals surface area contributed by atoms with Gasteiger partial charge < -0.3 is 10.1 Å². The molecular weight excluding hydrogens is 448 g/mol. The van der Waals surface area contributed by atoms with E-state index < -0.39 is 10.0 Å². The maximum absolute atomic E-state index is 13.0. The van der Waals surface area contributed by atoms with Gasteiger partial charge in [0, 0.05) is 10.6 Å². The largest absolute Gasteiger partial charge is 0.492 e. The Morgan fingerprint density at radius 1 is 0.938 bits per heavy atom. The highest BCUT2D eigenvalue weighted by Gasteiger charge is 2.20. The maximum Gasteiger partial charge on any atom is 0.262 e. The number of carbonyl (C=O) groups is 1. The third-order valence-electron chi connectivity index (χ3n) is 4.85. The van der Waals surface area contributed by atoms with Crippen LogP contribution >= 0.6 is 11.6 Å². The van der Waals surface area contributed by atoms with Gasteiger partial charge in [0.05, 0.1) is 17.1 Å². The second-order valence-electron chi connectivity index (χ2n) is 7.46. The summed E-state index contributed by atoms with van der Waals surface area (Å²) in [5.74, 6) is 0.262. The molecule has 8 heteroatoms. The van der Waals surface area contributed by atoms with E-state index >= 15 is 0 Å². The van der Waals surface area contributed by atoms with Crippen LogP contribution in [0.5, 0.6) is 5.75 Å². The molecule has 0 radical (unpaired) electrons. The number of ether oxygens (including phenoxy) is 1. The molecule has 0 fully saturated rings. The van der Waals surface area contributed by atoms with Crippen molar-refractivity contribution < 1.29 is 17.9 Å². The van der Waals surface area contributed by atoms with E-state index in [0.717, 1.165) is 11.1 Å². The monoisotopic (exact) mass is 472 g/mol. The lowest BCUT2D eigenvalue weighted by molar-refractivity contribution is 0.0947. The Hall–Kier alpha value is -3.03. The van der Waals surface area contributed by atoms with Crippen molar-refractivity contribution in [3.05, 3.63) is 87.9 Å². The van der Waals surface area contributed by atoms with Crippen LogP contribution < -0.4 is 14.8 Å². The summed E-state index contributed by atoms with van der Waals surface area (Å²) in [5, 5.41) is 3.35. The fraction of sp³-hybridized carbons (Fsp3) is 0.208. The molecule has 6 nitrogen and oxygen atoms in total. The molecule has 3 rings (SSSR count). The Bertz CT molecular complexity index is 1230. The van der Waals surface area contributed by atoms with Gasteiger partial charge in [-0.05, 0) is 79.9 Å². The maximum atomic E-state index is 13.0. The molecule has 1 amide bonds. The van der Waals surface area contributed by atoms with Gasteiger partial charge in [0.1, 0.15) is 12.4 Å². The zero-order chi connectivity index (χ0) is 23.3. The number of hydrogen-bond acceptors (Lipinski definition) is 4. The summed E-state index contributed by atoms with van der Waals surface area (Å²) in [6.45, 7) is 5.94. The first-order valence-electron chi connectivity index (χ1n) is 10.0. The fourth-order valence-corrected chi connectivity index (χ4v) is 4.56. The number of sulfonamides is 1. The average molecular weight is 473 g/mol. The highest BCUT2D eigenvalue weighted by molar-refractivity contribution is 7.92. The molecular formula is C24H25ClN2O4S. The third kappa shape index (κ3) is 6.02. The van der Waals surface area contributed by atoms with Crippen molar-refractivity contribution in [2.45, 2.75) is 25.7 Å². The molecule has 0 spiro atoms. The molecule has 0 atom stereocenters. The van der Waals surface area contributed by atoms with Crippen LogP contribution in [0.15, 0.2) is 65.6 Å². The van der Waals surface area contributed by atoms with Crippen LogP contribution in [0.25, 0.3) is 0 Å². The van der Waals surface area contributed by atoms with Crippen molar-refractivity contribution >= 4 is 33.2 Å². The summed E-state index contributed by atoms with van der Waals surface area (Å²) < 4.78 is 34.2. The van der Waals surface area contributed by atoms with Gasteiger partial charge in [0.15, 0.2) is 0 Å². The van der Waals surface area contributed by atoms with Gasteiger partial charge in [0.25, 0.3) is 15.9 Å². The van der Waals surface area contributed by atoms with Gasteiger partial charge in [-0.2, -0.15) is 0 Å². The SMILES string of the molecule is Cc1ccc(C)c(NS(=O)(=O)c2cc(C(=O)NCCOc3ccc(Cl)cc3)ccc2C)c1. The summed E-state index contributed by atoms with van der Waals surface area (Å²) in [4.78, 5) is 12.6. The molecule has 0 aliphatic carbocycles. The Balaban J connectivity index is 1.68. The van der Waals surface area contributed by atoms with Crippen LogP contribution in [0.2, 0.25) is 5.02 Å². The number of halogens is 1. The van der Waals surface area contributed by atoms with Crippen molar-refractivity contribution in [2.75, 3.05) is 17.9 Å². The molecule has 0 aliphatic rings. The van der Waals surface area contributed by atoms with Crippen LogP contribution in [0.3, 0.4) is 0 Å². The van der Waals surface area contributed by atoms with Crippen molar-refractivity contribution in [2.24, 2.45) is 0 Å². The normalized spacial score (nSPS) is 11.1. The molecule has 3 aromatic carbocycles. The van der Waals surface area contributed by atoms with Crippen LogP contribution in [-0.4, -0.2) is 27.5 Å². The number of nitrogens with one attached hydrogen (secondary N) is 2. The van der Waals surface area contributed by atoms with E-state index in [-0.39, 0.29) is 29.5 Å². The Morgan fingerprint density at radius 3 is 2.34 bits per heavy atom. The number of rotatable bonds is 8. The lowest BCUT2D eigenvalue weighted by Crippen LogP contribution is -2.28. The van der Waals surface area contributed by atoms with Crippen LogP contribution in [-0.2, 0) is 10.0 Å². The topological polar surface area (TPSA) is 84.5 Å². The Kier molecular flexibility index (Phi) is 7.43. The number of hydrogen-bond donors (Lipinski definition) is 2. The molecule has 32 heavy (non-hydrogen) atoms. The zero-order valence-corrected chi connectivity index (χ0v) is 19.7. The Morgan fingerprint density at radius 2 is 1.62 bits per heavy atom. The minimum atomic E-state index is -3.87. The van der Waals surface area contributed by atoms with Gasteiger partial charge >= 0.3 is 0 Å². The summed E-state index contributed by atoms with van der Waals surface area (Å²) in [6.07, 6.45) is 0. The number of aryl methyl sites for hydroxylation is 3. The molecule has 168 valence electrons. The van der Waals surface area contributed by atoms with E-state index in [0.29, 0.717) is 22.0 Å². The van der Waals surface area contributed by atoms with Crippen molar-refractivity contribution in [3.8, 4) is 5.75 Å². The van der Waals surface area contributed by atoms with Crippen LogP contribution in [0.1, 0.15) is 27.0 Å². The quantitative estimate of drug-likeness (QED) is 0.458. The molecule has 0 aromatic heterocycles. The summed E-state index contributed by atoms with van der Waals surface area (Å²) in [7, 11) is -3.87. The molecule has 0 saturated carbocycles. The van der Waals surface area contributed by atoms with Gasteiger partial charge in [-0.1, -0.05) is 29.8 Å². The molecule has 0 bridgehead atoms. The van der Waals surface area contributed by atoms with Crippen molar-refractivity contribution in [1.29, 1.82) is 0 Å². The Labute approximate surface area is 193 Å². The second kappa shape index (κ2) is 10.1. The van der Waals surface area contributed by atoms with Gasteiger partial charge in [-0.15, -0.1) is 0 Å². The average Bonchev–Trinajstić information content (AvgIpc) is 2.75. The third-order valence-corrected chi connectivity index (χ3v) is 6.61. The van der Waals surface area contributed by atoms with Crippen LogP contribution in [0.4, 0.5) is 5.69 Å².